The van der Waals surface area contributed by atoms with E-state index in [1.54, 1.807) is 6.07 Å². The van der Waals surface area contributed by atoms with Crippen molar-refractivity contribution in [2.24, 2.45) is 0 Å². The van der Waals surface area contributed by atoms with Crippen molar-refractivity contribution in [2.45, 2.75) is 128 Å². The number of unbranched alkanes of at least 4 members (excludes halogenated alkanes) is 2. The summed E-state index contributed by atoms with van der Waals surface area (Å²) in [6, 6.07) is 10.4. The average Bonchev–Trinajstić information content (AvgIpc) is 3.70. The number of hydrogen-bond donors (Lipinski definition) is 1. The van der Waals surface area contributed by atoms with E-state index in [9.17, 15) is 36.9 Å². The monoisotopic (exact) mass is 854 g/mol. The molecule has 1 atom stereocenters. The number of ketones is 1. The van der Waals surface area contributed by atoms with Gasteiger partial charge in [0, 0.05) is 66.7 Å². The van der Waals surface area contributed by atoms with Crippen LogP contribution in [0.15, 0.2) is 89.5 Å². The van der Waals surface area contributed by atoms with E-state index >= 15 is 0 Å². The summed E-state index contributed by atoms with van der Waals surface area (Å²) in [6.07, 6.45) is 17.4. The van der Waals surface area contributed by atoms with E-state index in [-0.39, 0.29) is 60.5 Å². The fourth-order valence-electron chi connectivity index (χ4n) is 8.27. The van der Waals surface area contributed by atoms with Gasteiger partial charge in [0.25, 0.3) is 11.8 Å². The highest BCUT2D eigenvalue weighted by atomic mass is 32.2. The second-order valence-electron chi connectivity index (χ2n) is 16.8. The SMILES string of the molecule is CCc1ccc2c(c1)C(C)(C)C(/C=C/C=C/C=C/C=C1\N(CCCCCC(=O)NC(CCCC(=O)ON3C(=O)CCC3=O)C(C)=O)c3ccc(S(=O)(=O)[O-])cc3C1(C)C)=[N+]2C. The minimum absolute atomic E-state index is 0.00585. The van der Waals surface area contributed by atoms with E-state index in [0.29, 0.717) is 30.9 Å². The Morgan fingerprint density at radius 2 is 1.57 bits per heavy atom. The van der Waals surface area contributed by atoms with Gasteiger partial charge in [-0.1, -0.05) is 63.6 Å². The van der Waals surface area contributed by atoms with Crippen molar-refractivity contribution >= 4 is 56.7 Å². The third kappa shape index (κ3) is 10.9. The van der Waals surface area contributed by atoms with Crippen LogP contribution in [0.3, 0.4) is 0 Å². The van der Waals surface area contributed by atoms with Gasteiger partial charge in [0.15, 0.2) is 11.5 Å². The number of carbonyl (C=O) groups excluding carboxylic acids is 5. The van der Waals surface area contributed by atoms with Gasteiger partial charge in [0.2, 0.25) is 11.6 Å². The minimum Gasteiger partial charge on any atom is -0.744 e. The van der Waals surface area contributed by atoms with Crippen LogP contribution >= 0.6 is 0 Å². The maximum absolute atomic E-state index is 12.8. The maximum Gasteiger partial charge on any atom is 0.333 e. The number of hydroxylamine groups is 2. The fourth-order valence-corrected chi connectivity index (χ4v) is 8.77. The molecule has 0 aliphatic carbocycles. The lowest BCUT2D eigenvalue weighted by Gasteiger charge is -2.27. The van der Waals surface area contributed by atoms with E-state index in [0.717, 1.165) is 23.4 Å². The predicted octanol–water partition coefficient (Wildman–Crippen LogP) is 6.92. The van der Waals surface area contributed by atoms with Gasteiger partial charge in [-0.15, -0.1) is 5.06 Å². The number of nitrogens with one attached hydrogen (secondary N) is 1. The summed E-state index contributed by atoms with van der Waals surface area (Å²) in [4.78, 5) is 67.4. The molecule has 1 fully saturated rings. The topological polar surface area (TPSA) is 173 Å². The first-order valence-corrected chi connectivity index (χ1v) is 22.4. The van der Waals surface area contributed by atoms with Crippen LogP contribution in [-0.2, 0) is 56.2 Å². The smallest absolute Gasteiger partial charge is 0.333 e. The van der Waals surface area contributed by atoms with Gasteiger partial charge < -0.3 is 19.6 Å². The van der Waals surface area contributed by atoms with Crippen molar-refractivity contribution in [3.8, 4) is 0 Å². The molecule has 3 heterocycles. The Morgan fingerprint density at radius 1 is 0.885 bits per heavy atom. The number of rotatable bonds is 19. The number of carbonyl (C=O) groups is 5. The van der Waals surface area contributed by atoms with Crippen molar-refractivity contribution in [1.82, 2.24) is 10.4 Å². The highest BCUT2D eigenvalue weighted by molar-refractivity contribution is 7.85. The van der Waals surface area contributed by atoms with E-state index in [4.69, 9.17) is 4.84 Å². The Morgan fingerprint density at radius 3 is 2.25 bits per heavy atom. The Labute approximate surface area is 359 Å². The van der Waals surface area contributed by atoms with E-state index in [1.807, 2.05) is 50.3 Å². The summed E-state index contributed by atoms with van der Waals surface area (Å²) >= 11 is 0. The molecule has 2 aromatic rings. The lowest BCUT2D eigenvalue weighted by atomic mass is 9.80. The number of allylic oxidation sites excluding steroid dienone is 8. The zero-order chi connectivity index (χ0) is 44.7. The summed E-state index contributed by atoms with van der Waals surface area (Å²) in [5.41, 5.74) is 6.80. The Bertz CT molecular complexity index is 2320. The molecule has 0 spiro atoms. The molecular weight excluding hydrogens is 797 g/mol. The Kier molecular flexibility index (Phi) is 14.9. The summed E-state index contributed by atoms with van der Waals surface area (Å²) < 4.78 is 38.2. The van der Waals surface area contributed by atoms with Crippen molar-refractivity contribution in [3.63, 3.8) is 0 Å². The molecule has 0 radical (unpaired) electrons. The standard InChI is InChI=1S/C47H58N4O9S/c1-8-33-23-25-38-35(30-33)46(3,4)40(49(38)7)19-13-10-9-11-14-20-41-47(5,6)36-31-34(61(57,58)59)24-26-39(36)50(41)29-16-12-15-21-42(53)48-37(32(2)52)18-17-22-45(56)60-51-43(54)27-28-44(51)55/h9-11,13-14,19-20,23-26,30-31,37H,8,12,15-18,21-22,27-29H2,1-7H3,(H-,48,53,57,58,59). The highest BCUT2D eigenvalue weighted by Gasteiger charge is 2.43. The van der Waals surface area contributed by atoms with Gasteiger partial charge >= 0.3 is 5.97 Å². The second kappa shape index (κ2) is 19.5. The third-order valence-corrected chi connectivity index (χ3v) is 12.6. The molecule has 0 saturated carbocycles. The molecule has 1 unspecified atom stereocenters. The average molecular weight is 855 g/mol. The van der Waals surface area contributed by atoms with Crippen LogP contribution in [0.25, 0.3) is 0 Å². The number of amides is 3. The molecule has 1 N–H and O–H groups in total. The van der Waals surface area contributed by atoms with Gasteiger partial charge in [-0.3, -0.25) is 19.2 Å². The molecule has 61 heavy (non-hydrogen) atoms. The number of imide groups is 1. The molecule has 13 nitrogen and oxygen atoms in total. The third-order valence-electron chi connectivity index (χ3n) is 11.8. The van der Waals surface area contributed by atoms with Crippen molar-refractivity contribution in [1.29, 1.82) is 0 Å². The van der Waals surface area contributed by atoms with Crippen LogP contribution in [0.2, 0.25) is 0 Å². The molecular formula is C47H58N4O9S. The molecule has 0 bridgehead atoms. The number of hydrogen-bond acceptors (Lipinski definition) is 10. The first-order chi connectivity index (χ1) is 28.8. The van der Waals surface area contributed by atoms with Crippen LogP contribution in [0, 0.1) is 0 Å². The number of anilines is 1. The van der Waals surface area contributed by atoms with Gasteiger partial charge in [0.05, 0.1) is 16.4 Å². The molecule has 3 amide bonds. The van der Waals surface area contributed by atoms with Crippen LogP contribution in [0.4, 0.5) is 11.4 Å². The largest absolute Gasteiger partial charge is 0.744 e. The molecule has 3 aliphatic rings. The predicted molar refractivity (Wildman–Crippen MR) is 232 cm³/mol. The van der Waals surface area contributed by atoms with Gasteiger partial charge in [-0.05, 0) is 94.3 Å². The van der Waals surface area contributed by atoms with Crippen LogP contribution in [0.1, 0.15) is 116 Å². The van der Waals surface area contributed by atoms with Gasteiger partial charge in [0.1, 0.15) is 17.2 Å². The summed E-state index contributed by atoms with van der Waals surface area (Å²) in [6.45, 7) is 12.6. The number of Topliss-reactive ketones (excluding diaryl/α,β-unsaturated/α-hetero) is 1. The first-order valence-electron chi connectivity index (χ1n) is 21.0. The van der Waals surface area contributed by atoms with Crippen molar-refractivity contribution in [3.05, 3.63) is 101 Å². The summed E-state index contributed by atoms with van der Waals surface area (Å²) in [5, 5.41) is 3.23. The Hall–Kier alpha value is -5.47. The van der Waals surface area contributed by atoms with Crippen LogP contribution in [-0.4, -0.2) is 77.4 Å². The zero-order valence-electron chi connectivity index (χ0n) is 36.3. The quantitative estimate of drug-likeness (QED) is 0.0514. The number of nitrogens with zero attached hydrogens (tertiary/aromatic N) is 3. The number of fused-ring (bicyclic) bond motifs is 2. The highest BCUT2D eigenvalue weighted by Crippen LogP contribution is 2.48. The van der Waals surface area contributed by atoms with Gasteiger partial charge in [-0.25, -0.2) is 13.2 Å². The molecule has 14 heteroatoms. The fraction of sp³-hybridized carbons (Fsp3) is 0.447. The second-order valence-corrected chi connectivity index (χ2v) is 18.2. The van der Waals surface area contributed by atoms with E-state index < -0.39 is 39.4 Å². The summed E-state index contributed by atoms with van der Waals surface area (Å²) in [7, 11) is -2.57. The molecule has 3 aliphatic heterocycles. The normalized spacial score (nSPS) is 18.3. The van der Waals surface area contributed by atoms with E-state index in [2.05, 4.69) is 66.9 Å². The first kappa shape index (κ1) is 46.6. The van der Waals surface area contributed by atoms with Gasteiger partial charge in [-0.2, -0.15) is 4.58 Å². The van der Waals surface area contributed by atoms with E-state index in [1.165, 1.54) is 41.6 Å². The van der Waals surface area contributed by atoms with Crippen molar-refractivity contribution < 1.29 is 46.4 Å². The minimum atomic E-state index is -4.67. The summed E-state index contributed by atoms with van der Waals surface area (Å²) in [5.74, 6) is -2.46. The zero-order valence-corrected chi connectivity index (χ0v) is 37.1. The van der Waals surface area contributed by atoms with Crippen molar-refractivity contribution in [2.75, 3.05) is 18.5 Å². The van der Waals surface area contributed by atoms with Crippen LogP contribution < -0.4 is 10.2 Å². The Balaban J connectivity index is 1.17. The molecule has 326 valence electrons. The number of benzene rings is 2. The molecule has 2 aromatic carbocycles. The molecule has 1 saturated heterocycles. The molecule has 5 rings (SSSR count). The van der Waals surface area contributed by atoms with Crippen LogP contribution in [0.5, 0.6) is 0 Å². The maximum atomic E-state index is 12.8. The lowest BCUT2D eigenvalue weighted by molar-refractivity contribution is -0.401. The number of aryl methyl sites for hydroxylation is 1. The molecule has 0 aromatic heterocycles. The lowest BCUT2D eigenvalue weighted by Crippen LogP contribution is -2.39.